The van der Waals surface area contributed by atoms with Crippen LogP contribution in [0, 0.1) is 0 Å². The lowest BCUT2D eigenvalue weighted by molar-refractivity contribution is 0.407. The van der Waals surface area contributed by atoms with Gasteiger partial charge in [-0.2, -0.15) is 0 Å². The SMILES string of the molecule is C[C@@H]1CN(c2ccc3cc(-c4cn5cc(Cl)ccc5n4)c(=O)oc3c2)C[C@H](C)N1. The zero-order chi connectivity index (χ0) is 20.1. The van der Waals surface area contributed by atoms with Gasteiger partial charge in [0.1, 0.15) is 11.2 Å². The Bertz CT molecular complexity index is 1270. The molecule has 29 heavy (non-hydrogen) atoms. The molecule has 2 atom stereocenters. The maximum Gasteiger partial charge on any atom is 0.345 e. The van der Waals surface area contributed by atoms with Gasteiger partial charge in [0.05, 0.1) is 16.3 Å². The molecule has 0 spiro atoms. The summed E-state index contributed by atoms with van der Waals surface area (Å²) in [5.41, 5.74) is 2.98. The van der Waals surface area contributed by atoms with Crippen LogP contribution in [0.25, 0.3) is 27.9 Å². The standard InChI is InChI=1S/C22H21ClN4O2/c1-13-9-26(10-14(2)24-13)17-5-3-15-7-18(22(28)29-20(15)8-17)19-12-27-11-16(23)4-6-21(27)25-19/h3-8,11-14,24H,9-10H2,1-2H3/t13-,14+. The molecule has 0 aliphatic carbocycles. The van der Waals surface area contributed by atoms with E-state index < -0.39 is 5.63 Å². The number of aromatic nitrogens is 2. The topological polar surface area (TPSA) is 62.8 Å². The van der Waals surface area contributed by atoms with E-state index in [1.807, 2.05) is 24.3 Å². The van der Waals surface area contributed by atoms with Crippen LogP contribution in [0.4, 0.5) is 5.69 Å². The fourth-order valence-electron chi connectivity index (χ4n) is 4.11. The number of rotatable bonds is 2. The number of fused-ring (bicyclic) bond motifs is 2. The Balaban J connectivity index is 1.55. The van der Waals surface area contributed by atoms with Crippen molar-refractivity contribution in [3.05, 3.63) is 64.2 Å². The second-order valence-electron chi connectivity index (χ2n) is 7.78. The molecule has 4 aromatic rings. The summed E-state index contributed by atoms with van der Waals surface area (Å²) in [5.74, 6) is 0. The summed E-state index contributed by atoms with van der Waals surface area (Å²) in [7, 11) is 0. The Kier molecular flexibility index (Phi) is 4.33. The van der Waals surface area contributed by atoms with E-state index in [1.165, 1.54) is 0 Å². The van der Waals surface area contributed by atoms with Gasteiger partial charge in [0, 0.05) is 54.7 Å². The normalized spacial score (nSPS) is 19.9. The van der Waals surface area contributed by atoms with Crippen LogP contribution in [0.1, 0.15) is 13.8 Å². The van der Waals surface area contributed by atoms with Crippen molar-refractivity contribution in [3.8, 4) is 11.3 Å². The molecule has 1 fully saturated rings. The van der Waals surface area contributed by atoms with Crippen LogP contribution in [-0.4, -0.2) is 34.6 Å². The Labute approximate surface area is 172 Å². The average Bonchev–Trinajstić information content (AvgIpc) is 3.09. The monoisotopic (exact) mass is 408 g/mol. The minimum absolute atomic E-state index is 0.397. The van der Waals surface area contributed by atoms with Crippen LogP contribution in [0.5, 0.6) is 0 Å². The van der Waals surface area contributed by atoms with E-state index in [0.717, 1.165) is 29.8 Å². The minimum atomic E-state index is -0.397. The molecule has 0 unspecified atom stereocenters. The predicted molar refractivity (Wildman–Crippen MR) is 116 cm³/mol. The fraction of sp³-hybridized carbons (Fsp3) is 0.273. The number of piperazine rings is 1. The Morgan fingerprint density at radius 1 is 1.10 bits per heavy atom. The van der Waals surface area contributed by atoms with Crippen LogP contribution in [-0.2, 0) is 0 Å². The molecule has 7 heteroatoms. The summed E-state index contributed by atoms with van der Waals surface area (Å²) in [6.45, 7) is 6.19. The molecule has 1 aromatic carbocycles. The second kappa shape index (κ2) is 6.90. The predicted octanol–water partition coefficient (Wildman–Crippen LogP) is 3.95. The van der Waals surface area contributed by atoms with E-state index >= 15 is 0 Å². The number of halogens is 1. The summed E-state index contributed by atoms with van der Waals surface area (Å²) >= 11 is 6.04. The largest absolute Gasteiger partial charge is 0.422 e. The lowest BCUT2D eigenvalue weighted by Gasteiger charge is -2.37. The highest BCUT2D eigenvalue weighted by Crippen LogP contribution is 2.26. The number of nitrogens with zero attached hydrogens (tertiary/aromatic N) is 3. The van der Waals surface area contributed by atoms with Gasteiger partial charge in [-0.25, -0.2) is 9.78 Å². The maximum atomic E-state index is 12.7. The van der Waals surface area contributed by atoms with Crippen molar-refractivity contribution < 1.29 is 4.42 Å². The van der Waals surface area contributed by atoms with Gasteiger partial charge in [0.2, 0.25) is 0 Å². The molecule has 3 aromatic heterocycles. The summed E-state index contributed by atoms with van der Waals surface area (Å²) in [6.07, 6.45) is 3.55. The molecular weight excluding hydrogens is 388 g/mol. The zero-order valence-corrected chi connectivity index (χ0v) is 17.0. The van der Waals surface area contributed by atoms with Gasteiger partial charge in [-0.3, -0.25) is 0 Å². The van der Waals surface area contributed by atoms with Crippen LogP contribution < -0.4 is 15.8 Å². The minimum Gasteiger partial charge on any atom is -0.422 e. The highest BCUT2D eigenvalue weighted by molar-refractivity contribution is 6.30. The summed E-state index contributed by atoms with van der Waals surface area (Å²) in [4.78, 5) is 19.6. The molecule has 4 heterocycles. The first-order valence-electron chi connectivity index (χ1n) is 9.70. The maximum absolute atomic E-state index is 12.7. The molecule has 5 rings (SSSR count). The summed E-state index contributed by atoms with van der Waals surface area (Å²) in [6, 6.07) is 12.3. The van der Waals surface area contributed by atoms with Crippen molar-refractivity contribution in [1.82, 2.24) is 14.7 Å². The molecule has 1 N–H and O–H groups in total. The third kappa shape index (κ3) is 3.39. The summed E-state index contributed by atoms with van der Waals surface area (Å²) < 4.78 is 7.48. The van der Waals surface area contributed by atoms with Gasteiger partial charge < -0.3 is 19.0 Å². The van der Waals surface area contributed by atoms with E-state index in [2.05, 4.69) is 35.1 Å². The Morgan fingerprint density at radius 3 is 2.69 bits per heavy atom. The Morgan fingerprint density at radius 2 is 1.90 bits per heavy atom. The first-order valence-corrected chi connectivity index (χ1v) is 10.1. The average molecular weight is 409 g/mol. The highest BCUT2D eigenvalue weighted by Gasteiger charge is 2.21. The van der Waals surface area contributed by atoms with E-state index in [1.54, 1.807) is 22.9 Å². The number of anilines is 1. The lowest BCUT2D eigenvalue weighted by atomic mass is 10.1. The molecule has 0 bridgehead atoms. The molecule has 0 amide bonds. The first kappa shape index (κ1) is 18.2. The van der Waals surface area contributed by atoms with E-state index in [-0.39, 0.29) is 0 Å². The van der Waals surface area contributed by atoms with Gasteiger partial charge in [-0.1, -0.05) is 11.6 Å². The fourth-order valence-corrected chi connectivity index (χ4v) is 4.28. The van der Waals surface area contributed by atoms with Gasteiger partial charge in [0.15, 0.2) is 0 Å². The molecule has 148 valence electrons. The molecular formula is C22H21ClN4O2. The van der Waals surface area contributed by atoms with E-state index in [0.29, 0.717) is 33.9 Å². The quantitative estimate of drug-likeness (QED) is 0.509. The number of benzene rings is 1. The van der Waals surface area contributed by atoms with E-state index in [9.17, 15) is 4.79 Å². The molecule has 6 nitrogen and oxygen atoms in total. The molecule has 0 saturated carbocycles. The smallest absolute Gasteiger partial charge is 0.345 e. The molecule has 0 radical (unpaired) electrons. The van der Waals surface area contributed by atoms with Crippen molar-refractivity contribution in [3.63, 3.8) is 0 Å². The van der Waals surface area contributed by atoms with Crippen molar-refractivity contribution in [2.75, 3.05) is 18.0 Å². The van der Waals surface area contributed by atoms with Crippen LogP contribution in [0.3, 0.4) is 0 Å². The third-order valence-electron chi connectivity index (χ3n) is 5.33. The number of pyridine rings is 1. The third-order valence-corrected chi connectivity index (χ3v) is 5.56. The van der Waals surface area contributed by atoms with Crippen molar-refractivity contribution >= 4 is 33.9 Å². The van der Waals surface area contributed by atoms with Gasteiger partial charge in [-0.15, -0.1) is 0 Å². The van der Waals surface area contributed by atoms with Gasteiger partial charge in [-0.05, 0) is 44.2 Å². The Hall–Kier alpha value is -2.83. The number of hydrogen-bond acceptors (Lipinski definition) is 5. The highest BCUT2D eigenvalue weighted by atomic mass is 35.5. The van der Waals surface area contributed by atoms with Crippen molar-refractivity contribution in [2.24, 2.45) is 0 Å². The molecule has 1 aliphatic rings. The van der Waals surface area contributed by atoms with Crippen LogP contribution in [0.2, 0.25) is 5.02 Å². The number of nitrogens with one attached hydrogen (secondary N) is 1. The lowest BCUT2D eigenvalue weighted by Crippen LogP contribution is -2.54. The van der Waals surface area contributed by atoms with Crippen LogP contribution in [0.15, 0.2) is 58.0 Å². The second-order valence-corrected chi connectivity index (χ2v) is 8.22. The van der Waals surface area contributed by atoms with E-state index in [4.69, 9.17) is 16.0 Å². The molecule has 1 saturated heterocycles. The first-order chi connectivity index (χ1) is 14.0. The van der Waals surface area contributed by atoms with Crippen molar-refractivity contribution in [2.45, 2.75) is 25.9 Å². The van der Waals surface area contributed by atoms with Gasteiger partial charge in [0.25, 0.3) is 0 Å². The van der Waals surface area contributed by atoms with Crippen molar-refractivity contribution in [1.29, 1.82) is 0 Å². The molecule has 1 aliphatic heterocycles. The summed E-state index contributed by atoms with van der Waals surface area (Å²) in [5, 5.41) is 5.01. The van der Waals surface area contributed by atoms with Crippen LogP contribution >= 0.6 is 11.6 Å². The van der Waals surface area contributed by atoms with Gasteiger partial charge >= 0.3 is 5.63 Å². The number of imidazole rings is 1. The zero-order valence-electron chi connectivity index (χ0n) is 16.2. The number of hydrogen-bond donors (Lipinski definition) is 1.